The Morgan fingerprint density at radius 3 is 1.29 bits per heavy atom. The minimum atomic E-state index is 0. The highest BCUT2D eigenvalue weighted by molar-refractivity contribution is 6.33. The molecule has 0 spiro atoms. The van der Waals surface area contributed by atoms with E-state index in [9.17, 15) is 0 Å². The van der Waals surface area contributed by atoms with Gasteiger partial charge in [0.15, 0.2) is 0 Å². The van der Waals surface area contributed by atoms with Crippen LogP contribution >= 0.6 is 0 Å². The SMILES string of the molecule is N.c1ccc2c(c1)c1cccc3ccc4cccc2c4c31. The van der Waals surface area contributed by atoms with Crippen molar-refractivity contribution in [3.05, 3.63) is 72.8 Å². The van der Waals surface area contributed by atoms with Gasteiger partial charge in [0.25, 0.3) is 0 Å². The van der Waals surface area contributed by atoms with Crippen molar-refractivity contribution < 1.29 is 0 Å². The van der Waals surface area contributed by atoms with Crippen molar-refractivity contribution in [3.8, 4) is 0 Å². The average molecular weight is 269 g/mol. The maximum Gasteiger partial charge on any atom is -0.00203 e. The maximum absolute atomic E-state index is 2.25. The molecule has 0 atom stereocenters. The van der Waals surface area contributed by atoms with Gasteiger partial charge in [-0.25, -0.2) is 0 Å². The van der Waals surface area contributed by atoms with Crippen LogP contribution in [0.5, 0.6) is 0 Å². The Labute approximate surface area is 122 Å². The summed E-state index contributed by atoms with van der Waals surface area (Å²) in [5.74, 6) is 0. The minimum absolute atomic E-state index is 0. The molecular formula is C20H15N. The molecule has 0 aliphatic carbocycles. The van der Waals surface area contributed by atoms with E-state index < -0.39 is 0 Å². The zero-order valence-electron chi connectivity index (χ0n) is 11.6. The highest BCUT2D eigenvalue weighted by Crippen LogP contribution is 2.40. The Balaban J connectivity index is 0.00000115. The topological polar surface area (TPSA) is 35.0 Å². The summed E-state index contributed by atoms with van der Waals surface area (Å²) < 4.78 is 0. The largest absolute Gasteiger partial charge is 0.344 e. The molecule has 21 heavy (non-hydrogen) atoms. The van der Waals surface area contributed by atoms with Gasteiger partial charge >= 0.3 is 0 Å². The van der Waals surface area contributed by atoms with Crippen molar-refractivity contribution in [2.24, 2.45) is 0 Å². The first-order valence-corrected chi connectivity index (χ1v) is 6.98. The predicted octanol–water partition coefficient (Wildman–Crippen LogP) is 5.90. The van der Waals surface area contributed by atoms with E-state index in [1.807, 2.05) is 0 Å². The molecule has 0 saturated carbocycles. The molecule has 1 heteroatoms. The molecule has 0 unspecified atom stereocenters. The van der Waals surface area contributed by atoms with Crippen LogP contribution in [0, 0.1) is 0 Å². The summed E-state index contributed by atoms with van der Waals surface area (Å²) in [6.45, 7) is 0. The van der Waals surface area contributed by atoms with Crippen LogP contribution in [0.15, 0.2) is 72.8 Å². The molecule has 1 nitrogen and oxygen atoms in total. The number of benzene rings is 5. The average Bonchev–Trinajstić information content (AvgIpc) is 2.53. The van der Waals surface area contributed by atoms with E-state index in [4.69, 9.17) is 0 Å². The Morgan fingerprint density at radius 2 is 0.810 bits per heavy atom. The maximum atomic E-state index is 2.25. The molecule has 0 aliphatic rings. The minimum Gasteiger partial charge on any atom is -0.344 e. The molecule has 0 saturated heterocycles. The van der Waals surface area contributed by atoms with E-state index in [-0.39, 0.29) is 6.15 Å². The Kier molecular flexibility index (Phi) is 2.41. The molecule has 0 amide bonds. The van der Waals surface area contributed by atoms with Gasteiger partial charge in [-0.15, -0.1) is 0 Å². The van der Waals surface area contributed by atoms with Gasteiger partial charge in [-0.3, -0.25) is 0 Å². The number of fused-ring (bicyclic) bond motifs is 3. The van der Waals surface area contributed by atoms with Gasteiger partial charge in [0, 0.05) is 0 Å². The van der Waals surface area contributed by atoms with Crippen molar-refractivity contribution in [3.63, 3.8) is 0 Å². The first-order valence-electron chi connectivity index (χ1n) is 6.98. The lowest BCUT2D eigenvalue weighted by Gasteiger charge is -2.14. The molecular weight excluding hydrogens is 254 g/mol. The third kappa shape index (κ3) is 1.44. The van der Waals surface area contributed by atoms with E-state index in [1.54, 1.807) is 0 Å². The summed E-state index contributed by atoms with van der Waals surface area (Å²) >= 11 is 0. The second kappa shape index (κ2) is 4.18. The first-order chi connectivity index (χ1) is 9.93. The van der Waals surface area contributed by atoms with Gasteiger partial charge in [-0.1, -0.05) is 72.8 Å². The normalized spacial score (nSPS) is 11.4. The van der Waals surface area contributed by atoms with E-state index in [0.29, 0.717) is 0 Å². The van der Waals surface area contributed by atoms with Gasteiger partial charge in [-0.2, -0.15) is 0 Å². The molecule has 5 rings (SSSR count). The van der Waals surface area contributed by atoms with Gasteiger partial charge in [-0.05, 0) is 43.1 Å². The lowest BCUT2D eigenvalue weighted by atomic mass is 9.89. The van der Waals surface area contributed by atoms with Crippen LogP contribution in [0.25, 0.3) is 43.1 Å². The second-order valence-corrected chi connectivity index (χ2v) is 5.42. The molecule has 100 valence electrons. The van der Waals surface area contributed by atoms with Crippen molar-refractivity contribution >= 4 is 43.1 Å². The smallest absolute Gasteiger partial charge is 0.00203 e. The zero-order valence-corrected chi connectivity index (χ0v) is 11.6. The Morgan fingerprint density at radius 1 is 0.381 bits per heavy atom. The number of rotatable bonds is 0. The van der Waals surface area contributed by atoms with Crippen molar-refractivity contribution in [1.82, 2.24) is 6.15 Å². The predicted molar refractivity (Wildman–Crippen MR) is 92.7 cm³/mol. The van der Waals surface area contributed by atoms with Crippen LogP contribution < -0.4 is 6.15 Å². The molecule has 3 N–H and O–H groups in total. The van der Waals surface area contributed by atoms with Gasteiger partial charge in [0.2, 0.25) is 0 Å². The number of hydrogen-bond donors (Lipinski definition) is 1. The van der Waals surface area contributed by atoms with Crippen LogP contribution in [0.3, 0.4) is 0 Å². The Bertz CT molecular complexity index is 1000. The molecule has 0 heterocycles. The molecule has 0 fully saturated rings. The fraction of sp³-hybridized carbons (Fsp3) is 0. The lowest BCUT2D eigenvalue weighted by Crippen LogP contribution is -1.86. The van der Waals surface area contributed by atoms with Crippen molar-refractivity contribution in [2.45, 2.75) is 0 Å². The van der Waals surface area contributed by atoms with Crippen LogP contribution in [0.4, 0.5) is 0 Å². The van der Waals surface area contributed by atoms with E-state index in [2.05, 4.69) is 72.8 Å². The highest BCUT2D eigenvalue weighted by atomic mass is 14.1. The number of hydrogen-bond acceptors (Lipinski definition) is 1. The third-order valence-electron chi connectivity index (χ3n) is 4.39. The van der Waals surface area contributed by atoms with Crippen molar-refractivity contribution in [1.29, 1.82) is 0 Å². The van der Waals surface area contributed by atoms with E-state index >= 15 is 0 Å². The second-order valence-electron chi connectivity index (χ2n) is 5.42. The molecule has 0 bridgehead atoms. The molecule has 0 aromatic heterocycles. The van der Waals surface area contributed by atoms with Gasteiger partial charge in [0.05, 0.1) is 0 Å². The monoisotopic (exact) mass is 269 g/mol. The first kappa shape index (κ1) is 12.1. The van der Waals surface area contributed by atoms with Crippen LogP contribution in [0.1, 0.15) is 0 Å². The van der Waals surface area contributed by atoms with E-state index in [1.165, 1.54) is 43.1 Å². The summed E-state index contributed by atoms with van der Waals surface area (Å²) in [7, 11) is 0. The Hall–Kier alpha value is -2.64. The quantitative estimate of drug-likeness (QED) is 0.276. The molecule has 0 radical (unpaired) electrons. The fourth-order valence-corrected chi connectivity index (χ4v) is 3.56. The molecule has 5 aromatic carbocycles. The summed E-state index contributed by atoms with van der Waals surface area (Å²) in [4.78, 5) is 0. The van der Waals surface area contributed by atoms with E-state index in [0.717, 1.165) is 0 Å². The fourth-order valence-electron chi connectivity index (χ4n) is 3.56. The molecule has 0 aliphatic heterocycles. The van der Waals surface area contributed by atoms with Crippen LogP contribution in [-0.4, -0.2) is 0 Å². The lowest BCUT2D eigenvalue weighted by molar-refractivity contribution is 1.78. The summed E-state index contributed by atoms with van der Waals surface area (Å²) in [6, 6.07) is 26.4. The molecule has 5 aromatic rings. The van der Waals surface area contributed by atoms with Crippen LogP contribution in [-0.2, 0) is 0 Å². The highest BCUT2D eigenvalue weighted by Gasteiger charge is 2.11. The van der Waals surface area contributed by atoms with Crippen molar-refractivity contribution in [2.75, 3.05) is 0 Å². The third-order valence-corrected chi connectivity index (χ3v) is 4.39. The standard InChI is InChI=1S/C20H12.H3N/c1-2-8-16-15(7-1)17-9-3-5-13-11-12-14-6-4-10-18(16)20(14)19(13)17;/h1-12H;1H3. The summed E-state index contributed by atoms with van der Waals surface area (Å²) in [5.41, 5.74) is 0. The summed E-state index contributed by atoms with van der Waals surface area (Å²) in [6.07, 6.45) is 0. The zero-order chi connectivity index (χ0) is 13.1. The van der Waals surface area contributed by atoms with Gasteiger partial charge in [0.1, 0.15) is 0 Å². The summed E-state index contributed by atoms with van der Waals surface area (Å²) in [5, 5.41) is 10.9. The van der Waals surface area contributed by atoms with Gasteiger partial charge < -0.3 is 6.15 Å². The van der Waals surface area contributed by atoms with Crippen LogP contribution in [0.2, 0.25) is 0 Å².